The molecule has 0 spiro atoms. The van der Waals surface area contributed by atoms with Crippen molar-refractivity contribution >= 4 is 56.7 Å². The normalized spacial score (nSPS) is 10.7. The molecular formula is C14H13IN4O3S. The Hall–Kier alpha value is -2.01. The molecule has 2 rings (SSSR count). The fraction of sp³-hybridized carbons (Fsp3) is 0.143. The first-order valence-electron chi connectivity index (χ1n) is 6.52. The van der Waals surface area contributed by atoms with Crippen molar-refractivity contribution in [2.75, 3.05) is 11.9 Å². The Morgan fingerprint density at radius 1 is 1.43 bits per heavy atom. The number of hydrogen-bond acceptors (Lipinski definition) is 6. The molecule has 2 aromatic rings. The molecule has 0 radical (unpaired) electrons. The minimum absolute atomic E-state index is 0.0358. The molecule has 0 atom stereocenters. The third-order valence-corrected chi connectivity index (χ3v) is 4.44. The first-order valence-corrected chi connectivity index (χ1v) is 8.41. The molecule has 0 aliphatic rings. The Morgan fingerprint density at radius 3 is 2.87 bits per heavy atom. The van der Waals surface area contributed by atoms with E-state index in [4.69, 9.17) is 0 Å². The van der Waals surface area contributed by atoms with E-state index in [2.05, 4.69) is 38.4 Å². The second-order valence-corrected chi connectivity index (χ2v) is 6.88. The third-order valence-electron chi connectivity index (χ3n) is 2.80. The number of halogens is 1. The molecule has 0 aliphatic carbocycles. The molecule has 0 saturated heterocycles. The van der Waals surface area contributed by atoms with Gasteiger partial charge in [0.1, 0.15) is 0 Å². The Balaban J connectivity index is 1.82. The zero-order chi connectivity index (χ0) is 16.8. The van der Waals surface area contributed by atoms with Crippen LogP contribution in [0.4, 0.5) is 10.7 Å². The molecule has 1 heterocycles. The van der Waals surface area contributed by atoms with E-state index in [1.165, 1.54) is 12.3 Å². The number of nitro groups is 1. The van der Waals surface area contributed by atoms with Crippen LogP contribution < -0.4 is 10.7 Å². The van der Waals surface area contributed by atoms with E-state index in [0.29, 0.717) is 4.88 Å². The van der Waals surface area contributed by atoms with Crippen molar-refractivity contribution in [1.82, 2.24) is 5.43 Å². The number of nitrogens with one attached hydrogen (secondary N) is 2. The van der Waals surface area contributed by atoms with Crippen molar-refractivity contribution in [1.29, 1.82) is 0 Å². The van der Waals surface area contributed by atoms with Crippen molar-refractivity contribution in [3.05, 3.63) is 54.5 Å². The van der Waals surface area contributed by atoms with Gasteiger partial charge in [-0.3, -0.25) is 14.9 Å². The number of aryl methyl sites for hydroxylation is 1. The summed E-state index contributed by atoms with van der Waals surface area (Å²) in [6, 6.07) is 8.86. The Labute approximate surface area is 150 Å². The second kappa shape index (κ2) is 8.02. The summed E-state index contributed by atoms with van der Waals surface area (Å²) in [5.74, 6) is -0.301. The van der Waals surface area contributed by atoms with E-state index in [1.807, 2.05) is 25.1 Å². The van der Waals surface area contributed by atoms with Crippen LogP contribution in [0.15, 0.2) is 35.4 Å². The van der Waals surface area contributed by atoms with Gasteiger partial charge < -0.3 is 5.32 Å². The molecule has 1 amide bonds. The minimum atomic E-state index is -0.464. The molecule has 120 valence electrons. The third kappa shape index (κ3) is 5.28. The summed E-state index contributed by atoms with van der Waals surface area (Å²) in [6.07, 6.45) is 1.38. The molecular weight excluding hydrogens is 431 g/mol. The predicted molar refractivity (Wildman–Crippen MR) is 99.1 cm³/mol. The number of hydrazone groups is 1. The molecule has 2 N–H and O–H groups in total. The fourth-order valence-electron chi connectivity index (χ4n) is 1.72. The van der Waals surface area contributed by atoms with Crippen molar-refractivity contribution in [2.45, 2.75) is 6.92 Å². The maximum atomic E-state index is 11.7. The number of hydrogen-bond donors (Lipinski definition) is 2. The van der Waals surface area contributed by atoms with E-state index in [-0.39, 0.29) is 17.5 Å². The van der Waals surface area contributed by atoms with Gasteiger partial charge in [-0.25, -0.2) is 5.43 Å². The maximum Gasteiger partial charge on any atom is 0.324 e. The van der Waals surface area contributed by atoms with E-state index < -0.39 is 4.92 Å². The molecule has 9 heteroatoms. The highest BCUT2D eigenvalue weighted by molar-refractivity contribution is 14.1. The average Bonchev–Trinajstić information content (AvgIpc) is 2.95. The molecule has 0 bridgehead atoms. The van der Waals surface area contributed by atoms with Gasteiger partial charge >= 0.3 is 5.00 Å². The lowest BCUT2D eigenvalue weighted by Gasteiger charge is -2.08. The van der Waals surface area contributed by atoms with Crippen LogP contribution in [0.5, 0.6) is 0 Å². The lowest BCUT2D eigenvalue weighted by atomic mass is 10.2. The van der Waals surface area contributed by atoms with Crippen molar-refractivity contribution in [2.24, 2.45) is 5.10 Å². The number of benzene rings is 1. The molecule has 23 heavy (non-hydrogen) atoms. The van der Waals surface area contributed by atoms with Gasteiger partial charge in [-0.05, 0) is 59.3 Å². The summed E-state index contributed by atoms with van der Waals surface area (Å²) in [5.41, 5.74) is 4.32. The molecule has 0 saturated carbocycles. The highest BCUT2D eigenvalue weighted by atomic mass is 127. The summed E-state index contributed by atoms with van der Waals surface area (Å²) < 4.78 is 1.13. The highest BCUT2D eigenvalue weighted by Crippen LogP contribution is 2.22. The van der Waals surface area contributed by atoms with Gasteiger partial charge in [-0.15, -0.1) is 0 Å². The summed E-state index contributed by atoms with van der Waals surface area (Å²) >= 11 is 3.22. The quantitative estimate of drug-likeness (QED) is 0.310. The Bertz CT molecular complexity index is 760. The van der Waals surface area contributed by atoms with Crippen LogP contribution in [0.1, 0.15) is 10.4 Å². The number of rotatable bonds is 6. The van der Waals surface area contributed by atoms with Crippen LogP contribution in [-0.2, 0) is 4.79 Å². The van der Waals surface area contributed by atoms with E-state index >= 15 is 0 Å². The number of carbonyl (C=O) groups is 1. The lowest BCUT2D eigenvalue weighted by Crippen LogP contribution is -2.26. The van der Waals surface area contributed by atoms with Gasteiger partial charge in [0.2, 0.25) is 0 Å². The standard InChI is InChI=1S/C14H13IN4O3S/c1-9-6-10(15)2-4-12(9)16-8-13(20)18-17-7-11-3-5-14(23-11)19(21)22/h2-7,16H,8H2,1H3,(H,18,20)/b17-7+. The van der Waals surface area contributed by atoms with E-state index in [9.17, 15) is 14.9 Å². The van der Waals surface area contributed by atoms with Crippen LogP contribution in [0.2, 0.25) is 0 Å². The summed E-state index contributed by atoms with van der Waals surface area (Å²) in [5, 5.41) is 17.4. The van der Waals surface area contributed by atoms with Crippen LogP contribution in [0.3, 0.4) is 0 Å². The molecule has 7 nitrogen and oxygen atoms in total. The van der Waals surface area contributed by atoms with Crippen LogP contribution in [-0.4, -0.2) is 23.6 Å². The Morgan fingerprint density at radius 2 is 2.22 bits per heavy atom. The van der Waals surface area contributed by atoms with Crippen LogP contribution in [0.25, 0.3) is 0 Å². The smallest absolute Gasteiger partial charge is 0.324 e. The number of thiophene rings is 1. The SMILES string of the molecule is Cc1cc(I)ccc1NCC(=O)N/N=C/c1ccc([N+](=O)[O-])s1. The van der Waals surface area contributed by atoms with Crippen molar-refractivity contribution in [3.8, 4) is 0 Å². The number of amides is 1. The van der Waals surface area contributed by atoms with Crippen LogP contribution >= 0.6 is 33.9 Å². The Kier molecular flexibility index (Phi) is 6.04. The van der Waals surface area contributed by atoms with E-state index in [0.717, 1.165) is 26.2 Å². The molecule has 0 unspecified atom stereocenters. The topological polar surface area (TPSA) is 96.6 Å². The fourth-order valence-corrected chi connectivity index (χ4v) is 3.06. The number of carbonyl (C=O) groups excluding carboxylic acids is 1. The zero-order valence-electron chi connectivity index (χ0n) is 12.1. The minimum Gasteiger partial charge on any atom is -0.376 e. The van der Waals surface area contributed by atoms with Gasteiger partial charge in [-0.1, -0.05) is 11.3 Å². The zero-order valence-corrected chi connectivity index (χ0v) is 15.1. The number of nitrogens with zero attached hydrogens (tertiary/aromatic N) is 2. The maximum absolute atomic E-state index is 11.7. The monoisotopic (exact) mass is 444 g/mol. The van der Waals surface area contributed by atoms with Gasteiger partial charge in [0.25, 0.3) is 5.91 Å². The number of anilines is 1. The van der Waals surface area contributed by atoms with Crippen molar-refractivity contribution in [3.63, 3.8) is 0 Å². The average molecular weight is 444 g/mol. The molecule has 1 aromatic carbocycles. The second-order valence-electron chi connectivity index (χ2n) is 4.54. The van der Waals surface area contributed by atoms with Gasteiger partial charge in [-0.2, -0.15) is 5.10 Å². The molecule has 0 fully saturated rings. The largest absolute Gasteiger partial charge is 0.376 e. The predicted octanol–water partition coefficient (Wildman–Crippen LogP) is 3.13. The van der Waals surface area contributed by atoms with Gasteiger partial charge in [0.15, 0.2) is 0 Å². The molecule has 1 aromatic heterocycles. The van der Waals surface area contributed by atoms with Crippen LogP contribution in [0, 0.1) is 20.6 Å². The van der Waals surface area contributed by atoms with E-state index in [1.54, 1.807) is 6.07 Å². The van der Waals surface area contributed by atoms with Crippen molar-refractivity contribution < 1.29 is 9.72 Å². The first kappa shape index (κ1) is 17.3. The van der Waals surface area contributed by atoms with Gasteiger partial charge in [0.05, 0.1) is 22.6 Å². The summed E-state index contributed by atoms with van der Waals surface area (Å²) in [4.78, 5) is 22.4. The summed E-state index contributed by atoms with van der Waals surface area (Å²) in [7, 11) is 0. The summed E-state index contributed by atoms with van der Waals surface area (Å²) in [6.45, 7) is 2.05. The first-order chi connectivity index (χ1) is 11.0. The highest BCUT2D eigenvalue weighted by Gasteiger charge is 2.08. The lowest BCUT2D eigenvalue weighted by molar-refractivity contribution is -0.380. The van der Waals surface area contributed by atoms with Gasteiger partial charge in [0, 0.05) is 15.3 Å². The molecule has 0 aliphatic heterocycles.